The smallest absolute Gasteiger partial charge is 0.231 e. The van der Waals surface area contributed by atoms with Gasteiger partial charge in [0, 0.05) is 28.9 Å². The van der Waals surface area contributed by atoms with Crippen LogP contribution >= 0.6 is 0 Å². The molecule has 0 radical (unpaired) electrons. The third kappa shape index (κ3) is 4.60. The van der Waals surface area contributed by atoms with Gasteiger partial charge >= 0.3 is 0 Å². The number of methoxy groups -OCH3 is 1. The summed E-state index contributed by atoms with van der Waals surface area (Å²) in [4.78, 5) is 16.8. The number of aromatic nitrogens is 1. The Kier molecular flexibility index (Phi) is 6.73. The summed E-state index contributed by atoms with van der Waals surface area (Å²) in [6.45, 7) is 11.4. The van der Waals surface area contributed by atoms with Crippen LogP contribution in [0.15, 0.2) is 61.7 Å². The van der Waals surface area contributed by atoms with E-state index in [0.717, 1.165) is 28.9 Å². The van der Waals surface area contributed by atoms with Crippen molar-refractivity contribution in [1.82, 2.24) is 4.98 Å². The number of para-hydroxylation sites is 1. The van der Waals surface area contributed by atoms with Gasteiger partial charge in [0.05, 0.1) is 13.0 Å². The number of benzene rings is 1. The molecule has 1 unspecified atom stereocenters. The third-order valence-electron chi connectivity index (χ3n) is 4.32. The summed E-state index contributed by atoms with van der Waals surface area (Å²) >= 11 is 0. The second-order valence-electron chi connectivity index (χ2n) is 6.31. The SMILES string of the molecule is C=CC[C@H](C)c1cc(-c2ccccc2NC(=O)C(C)C=C)cc(OC)n1. The Morgan fingerprint density at radius 1 is 1.27 bits per heavy atom. The summed E-state index contributed by atoms with van der Waals surface area (Å²) in [5.74, 6) is 0.421. The first-order valence-corrected chi connectivity index (χ1v) is 8.69. The molecule has 1 amide bonds. The fourth-order valence-corrected chi connectivity index (χ4v) is 2.61. The molecule has 0 aliphatic rings. The molecule has 2 atom stereocenters. The van der Waals surface area contributed by atoms with Gasteiger partial charge in [-0.1, -0.05) is 44.2 Å². The Morgan fingerprint density at radius 2 is 2.00 bits per heavy atom. The van der Waals surface area contributed by atoms with Crippen molar-refractivity contribution in [2.45, 2.75) is 26.2 Å². The molecule has 136 valence electrons. The molecule has 0 saturated heterocycles. The van der Waals surface area contributed by atoms with Gasteiger partial charge in [-0.2, -0.15) is 0 Å². The molecule has 1 aromatic carbocycles. The quantitative estimate of drug-likeness (QED) is 0.666. The molecule has 4 heteroatoms. The van der Waals surface area contributed by atoms with Crippen molar-refractivity contribution >= 4 is 11.6 Å². The minimum Gasteiger partial charge on any atom is -0.481 e. The first-order valence-electron chi connectivity index (χ1n) is 8.69. The molecule has 2 aromatic rings. The fraction of sp³-hybridized carbons (Fsp3) is 0.273. The number of amides is 1. The number of nitrogens with one attached hydrogen (secondary N) is 1. The van der Waals surface area contributed by atoms with Gasteiger partial charge in [-0.15, -0.1) is 13.2 Å². The molecule has 0 saturated carbocycles. The van der Waals surface area contributed by atoms with Gasteiger partial charge in [0.1, 0.15) is 0 Å². The van der Waals surface area contributed by atoms with Crippen LogP contribution in [0.2, 0.25) is 0 Å². The molecule has 0 aliphatic heterocycles. The molecule has 0 fully saturated rings. The predicted octanol–water partition coefficient (Wildman–Crippen LogP) is 5.20. The van der Waals surface area contributed by atoms with Crippen molar-refractivity contribution in [2.24, 2.45) is 5.92 Å². The molecule has 0 bridgehead atoms. The van der Waals surface area contributed by atoms with Gasteiger partial charge in [0.2, 0.25) is 11.8 Å². The van der Waals surface area contributed by atoms with Gasteiger partial charge in [-0.25, -0.2) is 4.98 Å². The minimum atomic E-state index is -0.266. The van der Waals surface area contributed by atoms with Gasteiger partial charge in [0.15, 0.2) is 0 Å². The highest BCUT2D eigenvalue weighted by Gasteiger charge is 2.15. The van der Waals surface area contributed by atoms with Crippen LogP contribution in [0.25, 0.3) is 11.1 Å². The summed E-state index contributed by atoms with van der Waals surface area (Å²) < 4.78 is 5.38. The highest BCUT2D eigenvalue weighted by molar-refractivity contribution is 5.97. The Hall–Kier alpha value is -2.88. The lowest BCUT2D eigenvalue weighted by Crippen LogP contribution is -2.19. The second kappa shape index (κ2) is 8.99. The van der Waals surface area contributed by atoms with Gasteiger partial charge in [-0.05, 0) is 24.1 Å². The van der Waals surface area contributed by atoms with Crippen LogP contribution in [-0.2, 0) is 4.79 Å². The maximum atomic E-state index is 12.3. The van der Waals surface area contributed by atoms with Gasteiger partial charge in [0.25, 0.3) is 0 Å². The number of hydrogen-bond acceptors (Lipinski definition) is 3. The number of allylic oxidation sites excluding steroid dienone is 1. The fourth-order valence-electron chi connectivity index (χ4n) is 2.61. The van der Waals surface area contributed by atoms with Crippen LogP contribution < -0.4 is 10.1 Å². The lowest BCUT2D eigenvalue weighted by Gasteiger charge is -2.16. The van der Waals surface area contributed by atoms with Crippen molar-refractivity contribution in [2.75, 3.05) is 12.4 Å². The molecule has 0 spiro atoms. The number of ether oxygens (including phenoxy) is 1. The van der Waals surface area contributed by atoms with Crippen LogP contribution in [0.4, 0.5) is 5.69 Å². The zero-order chi connectivity index (χ0) is 19.1. The molecule has 1 heterocycles. The summed E-state index contributed by atoms with van der Waals surface area (Å²) in [6.07, 6.45) is 4.34. The average molecular weight is 350 g/mol. The molecule has 26 heavy (non-hydrogen) atoms. The Bertz CT molecular complexity index is 798. The van der Waals surface area contributed by atoms with Crippen molar-refractivity contribution in [1.29, 1.82) is 0 Å². The highest BCUT2D eigenvalue weighted by Crippen LogP contribution is 2.33. The average Bonchev–Trinajstić information content (AvgIpc) is 2.67. The predicted molar refractivity (Wildman–Crippen MR) is 107 cm³/mol. The van der Waals surface area contributed by atoms with Crippen molar-refractivity contribution in [3.05, 3.63) is 67.4 Å². The normalized spacial score (nSPS) is 12.7. The molecule has 0 aliphatic carbocycles. The number of rotatable bonds is 8. The summed E-state index contributed by atoms with van der Waals surface area (Å²) in [6, 6.07) is 11.6. The van der Waals surface area contributed by atoms with Gasteiger partial charge in [-0.3, -0.25) is 4.79 Å². The van der Waals surface area contributed by atoms with Crippen molar-refractivity contribution in [3.63, 3.8) is 0 Å². The highest BCUT2D eigenvalue weighted by atomic mass is 16.5. The van der Waals surface area contributed by atoms with E-state index < -0.39 is 0 Å². The van der Waals surface area contributed by atoms with E-state index in [1.54, 1.807) is 13.2 Å². The number of anilines is 1. The van der Waals surface area contributed by atoms with E-state index in [-0.39, 0.29) is 17.7 Å². The Morgan fingerprint density at radius 3 is 2.65 bits per heavy atom. The van der Waals surface area contributed by atoms with Gasteiger partial charge < -0.3 is 10.1 Å². The van der Waals surface area contributed by atoms with Crippen molar-refractivity contribution in [3.8, 4) is 17.0 Å². The first kappa shape index (κ1) is 19.4. The monoisotopic (exact) mass is 350 g/mol. The lowest BCUT2D eigenvalue weighted by atomic mass is 9.98. The van der Waals surface area contributed by atoms with Crippen molar-refractivity contribution < 1.29 is 9.53 Å². The van der Waals surface area contributed by atoms with Crippen LogP contribution in [0, 0.1) is 5.92 Å². The van der Waals surface area contributed by atoms with E-state index in [0.29, 0.717) is 5.88 Å². The van der Waals surface area contributed by atoms with Crippen LogP contribution in [0.1, 0.15) is 31.9 Å². The van der Waals surface area contributed by atoms with E-state index >= 15 is 0 Å². The molecular weight excluding hydrogens is 324 g/mol. The van der Waals surface area contributed by atoms with Crippen LogP contribution in [0.3, 0.4) is 0 Å². The number of pyridine rings is 1. The molecule has 1 aromatic heterocycles. The summed E-state index contributed by atoms with van der Waals surface area (Å²) in [7, 11) is 1.60. The maximum absolute atomic E-state index is 12.3. The second-order valence-corrected chi connectivity index (χ2v) is 6.31. The number of hydrogen-bond donors (Lipinski definition) is 1. The number of carbonyl (C=O) groups is 1. The van der Waals surface area contributed by atoms with Crippen LogP contribution in [0.5, 0.6) is 5.88 Å². The summed E-state index contributed by atoms with van der Waals surface area (Å²) in [5.41, 5.74) is 3.55. The maximum Gasteiger partial charge on any atom is 0.231 e. The van der Waals surface area contributed by atoms with E-state index in [1.807, 2.05) is 49.4 Å². The minimum absolute atomic E-state index is 0.0891. The molecular formula is C22H26N2O2. The standard InChI is InChI=1S/C22H26N2O2/c1-6-10-16(4)20-13-17(14-21(23-20)26-5)18-11-8-9-12-19(18)24-22(25)15(3)7-2/h6-9,11-16H,1-2,10H2,3-5H3,(H,24,25)/t15?,16-/m0/s1. The van der Waals surface area contributed by atoms with E-state index in [4.69, 9.17) is 4.74 Å². The molecule has 4 nitrogen and oxygen atoms in total. The number of nitrogens with zero attached hydrogens (tertiary/aromatic N) is 1. The largest absolute Gasteiger partial charge is 0.481 e. The Balaban J connectivity index is 2.47. The first-order chi connectivity index (χ1) is 12.5. The lowest BCUT2D eigenvalue weighted by molar-refractivity contribution is -0.118. The third-order valence-corrected chi connectivity index (χ3v) is 4.32. The number of carbonyl (C=O) groups excluding carboxylic acids is 1. The van der Waals surface area contributed by atoms with E-state index in [1.165, 1.54) is 0 Å². The Labute approximate surface area is 155 Å². The van der Waals surface area contributed by atoms with Crippen LogP contribution in [-0.4, -0.2) is 18.0 Å². The molecule has 2 rings (SSSR count). The summed E-state index contributed by atoms with van der Waals surface area (Å²) in [5, 5.41) is 2.98. The molecule has 1 N–H and O–H groups in total. The zero-order valence-electron chi connectivity index (χ0n) is 15.7. The van der Waals surface area contributed by atoms with E-state index in [2.05, 4.69) is 30.4 Å². The van der Waals surface area contributed by atoms with E-state index in [9.17, 15) is 4.79 Å². The zero-order valence-corrected chi connectivity index (χ0v) is 15.7. The topological polar surface area (TPSA) is 51.2 Å².